The molecule has 2 aliphatic heterocycles. The van der Waals surface area contributed by atoms with E-state index in [1.807, 2.05) is 24.3 Å². The number of carbonyl (C=O) groups excluding carboxylic acids is 1. The molecule has 0 aliphatic carbocycles. The lowest BCUT2D eigenvalue weighted by Gasteiger charge is -2.24. The zero-order valence-electron chi connectivity index (χ0n) is 14.7. The molecule has 1 N–H and O–H groups in total. The van der Waals surface area contributed by atoms with Gasteiger partial charge in [-0.3, -0.25) is 10.1 Å². The molecular formula is C21H23N3O2. The third-order valence-electron chi connectivity index (χ3n) is 5.41. The van der Waals surface area contributed by atoms with Gasteiger partial charge in [-0.15, -0.1) is 0 Å². The highest BCUT2D eigenvalue weighted by Crippen LogP contribution is 2.26. The van der Waals surface area contributed by atoms with E-state index in [1.165, 1.54) is 0 Å². The largest absolute Gasteiger partial charge is 0.491 e. The number of hydrogen-bond donors (Lipinski definition) is 1. The van der Waals surface area contributed by atoms with Gasteiger partial charge < -0.3 is 9.64 Å². The standard InChI is InChI=1S/C21H23N3O2/c22-13-17-7-4-12-24(17)21(25)19-11-10-16(23-19)14-26-20-9-3-6-15-5-1-2-8-18(15)20/h1-3,5-6,8-9,16-17,19,23H,4,7,10-12,14H2. The van der Waals surface area contributed by atoms with E-state index < -0.39 is 0 Å². The highest BCUT2D eigenvalue weighted by Gasteiger charge is 2.36. The molecule has 2 heterocycles. The van der Waals surface area contributed by atoms with Crippen LogP contribution in [0, 0.1) is 11.3 Å². The molecule has 134 valence electrons. The summed E-state index contributed by atoms with van der Waals surface area (Å²) in [4.78, 5) is 14.4. The topological polar surface area (TPSA) is 65.4 Å². The van der Waals surface area contributed by atoms with Crippen molar-refractivity contribution in [3.63, 3.8) is 0 Å². The summed E-state index contributed by atoms with van der Waals surface area (Å²) in [6.45, 7) is 1.24. The van der Waals surface area contributed by atoms with E-state index in [2.05, 4.69) is 29.6 Å². The zero-order valence-corrected chi connectivity index (χ0v) is 14.7. The summed E-state index contributed by atoms with van der Waals surface area (Å²) in [5, 5.41) is 14.9. The Morgan fingerprint density at radius 2 is 2.04 bits per heavy atom. The summed E-state index contributed by atoms with van der Waals surface area (Å²) in [5.41, 5.74) is 0. The van der Waals surface area contributed by atoms with E-state index >= 15 is 0 Å². The number of ether oxygens (including phenoxy) is 1. The molecule has 0 spiro atoms. The number of hydrogen-bond acceptors (Lipinski definition) is 4. The van der Waals surface area contributed by atoms with Gasteiger partial charge in [0, 0.05) is 18.0 Å². The summed E-state index contributed by atoms with van der Waals surface area (Å²) >= 11 is 0. The molecule has 0 saturated carbocycles. The van der Waals surface area contributed by atoms with Crippen LogP contribution in [-0.2, 0) is 4.79 Å². The lowest BCUT2D eigenvalue weighted by molar-refractivity contribution is -0.133. The Morgan fingerprint density at radius 1 is 1.19 bits per heavy atom. The predicted molar refractivity (Wildman–Crippen MR) is 99.7 cm³/mol. The van der Waals surface area contributed by atoms with Crippen LogP contribution in [0.3, 0.4) is 0 Å². The minimum absolute atomic E-state index is 0.0710. The fraction of sp³-hybridized carbons (Fsp3) is 0.429. The molecule has 0 bridgehead atoms. The minimum Gasteiger partial charge on any atom is -0.491 e. The van der Waals surface area contributed by atoms with Crippen molar-refractivity contribution in [3.8, 4) is 11.8 Å². The molecular weight excluding hydrogens is 326 g/mol. The molecule has 2 aromatic carbocycles. The van der Waals surface area contributed by atoms with Gasteiger partial charge in [0.25, 0.3) is 0 Å². The van der Waals surface area contributed by atoms with Gasteiger partial charge in [0.2, 0.25) is 5.91 Å². The molecule has 4 rings (SSSR count). The first kappa shape index (κ1) is 16.9. The minimum atomic E-state index is -0.254. The first-order valence-corrected chi connectivity index (χ1v) is 9.33. The van der Waals surface area contributed by atoms with Crippen LogP contribution in [0.25, 0.3) is 10.8 Å². The molecule has 1 amide bonds. The van der Waals surface area contributed by atoms with Crippen molar-refractivity contribution in [3.05, 3.63) is 42.5 Å². The van der Waals surface area contributed by atoms with Gasteiger partial charge in [0.1, 0.15) is 18.4 Å². The monoisotopic (exact) mass is 349 g/mol. The number of benzene rings is 2. The number of fused-ring (bicyclic) bond motifs is 1. The second-order valence-corrected chi connectivity index (χ2v) is 7.10. The van der Waals surface area contributed by atoms with E-state index in [0.29, 0.717) is 13.2 Å². The number of nitrogens with one attached hydrogen (secondary N) is 1. The van der Waals surface area contributed by atoms with E-state index in [4.69, 9.17) is 4.74 Å². The Kier molecular flexibility index (Phi) is 4.77. The second-order valence-electron chi connectivity index (χ2n) is 7.10. The highest BCUT2D eigenvalue weighted by molar-refractivity contribution is 5.88. The van der Waals surface area contributed by atoms with Crippen LogP contribution in [0.5, 0.6) is 5.75 Å². The molecule has 3 unspecified atom stereocenters. The quantitative estimate of drug-likeness (QED) is 0.922. The van der Waals surface area contributed by atoms with Crippen LogP contribution in [0.15, 0.2) is 42.5 Å². The molecule has 26 heavy (non-hydrogen) atoms. The van der Waals surface area contributed by atoms with E-state index in [0.717, 1.165) is 42.2 Å². The normalized spacial score (nSPS) is 25.3. The maximum absolute atomic E-state index is 12.7. The van der Waals surface area contributed by atoms with Gasteiger partial charge >= 0.3 is 0 Å². The average Bonchev–Trinajstić information content (AvgIpc) is 3.35. The third kappa shape index (κ3) is 3.25. The maximum Gasteiger partial charge on any atom is 0.240 e. The number of amides is 1. The Hall–Kier alpha value is -2.58. The SMILES string of the molecule is N#CC1CCCN1C(=O)C1CCC(COc2cccc3ccccc23)N1. The summed E-state index contributed by atoms with van der Waals surface area (Å²) < 4.78 is 6.06. The first-order valence-electron chi connectivity index (χ1n) is 9.33. The van der Waals surface area contributed by atoms with Gasteiger partial charge in [0.05, 0.1) is 12.1 Å². The molecule has 0 aromatic heterocycles. The number of likely N-dealkylation sites (tertiary alicyclic amines) is 1. The van der Waals surface area contributed by atoms with Crippen molar-refractivity contribution in [1.82, 2.24) is 10.2 Å². The van der Waals surface area contributed by atoms with Crippen molar-refractivity contribution >= 4 is 16.7 Å². The van der Waals surface area contributed by atoms with Crippen molar-refractivity contribution in [2.24, 2.45) is 0 Å². The van der Waals surface area contributed by atoms with E-state index in [1.54, 1.807) is 4.90 Å². The van der Waals surface area contributed by atoms with Crippen LogP contribution in [0.4, 0.5) is 0 Å². The first-order chi connectivity index (χ1) is 12.8. The summed E-state index contributed by atoms with van der Waals surface area (Å²) in [5.74, 6) is 0.950. The lowest BCUT2D eigenvalue weighted by atomic mass is 10.1. The molecule has 2 aliphatic rings. The average molecular weight is 349 g/mol. The molecule has 2 fully saturated rings. The number of nitrogens with zero attached hydrogens (tertiary/aromatic N) is 2. The van der Waals surface area contributed by atoms with Crippen LogP contribution >= 0.6 is 0 Å². The highest BCUT2D eigenvalue weighted by atomic mass is 16.5. The maximum atomic E-state index is 12.7. The van der Waals surface area contributed by atoms with Crippen molar-refractivity contribution in [2.45, 2.75) is 43.8 Å². The zero-order chi connectivity index (χ0) is 17.9. The molecule has 0 radical (unpaired) electrons. The smallest absolute Gasteiger partial charge is 0.240 e. The summed E-state index contributed by atoms with van der Waals surface area (Å²) in [6, 6.07) is 16.2. The lowest BCUT2D eigenvalue weighted by Crippen LogP contribution is -2.47. The third-order valence-corrected chi connectivity index (χ3v) is 5.41. The van der Waals surface area contributed by atoms with Crippen LogP contribution in [0.2, 0.25) is 0 Å². The second kappa shape index (κ2) is 7.35. The van der Waals surface area contributed by atoms with E-state index in [-0.39, 0.29) is 24.0 Å². The molecule has 3 atom stereocenters. The fourth-order valence-electron chi connectivity index (χ4n) is 4.02. The van der Waals surface area contributed by atoms with Crippen LogP contribution < -0.4 is 10.1 Å². The van der Waals surface area contributed by atoms with Crippen molar-refractivity contribution < 1.29 is 9.53 Å². The van der Waals surface area contributed by atoms with Crippen LogP contribution in [0.1, 0.15) is 25.7 Å². The molecule has 2 saturated heterocycles. The molecule has 5 heteroatoms. The van der Waals surface area contributed by atoms with Crippen molar-refractivity contribution in [2.75, 3.05) is 13.2 Å². The fourth-order valence-corrected chi connectivity index (χ4v) is 4.02. The van der Waals surface area contributed by atoms with Gasteiger partial charge in [-0.1, -0.05) is 36.4 Å². The van der Waals surface area contributed by atoms with E-state index in [9.17, 15) is 10.1 Å². The van der Waals surface area contributed by atoms with Gasteiger partial charge in [0.15, 0.2) is 0 Å². The Bertz CT molecular complexity index is 839. The van der Waals surface area contributed by atoms with Crippen LogP contribution in [-0.4, -0.2) is 42.1 Å². The number of rotatable bonds is 4. The Balaban J connectivity index is 1.36. The number of carbonyl (C=O) groups is 1. The van der Waals surface area contributed by atoms with Gasteiger partial charge in [-0.25, -0.2) is 0 Å². The molecule has 2 aromatic rings. The van der Waals surface area contributed by atoms with Gasteiger partial charge in [-0.2, -0.15) is 5.26 Å². The van der Waals surface area contributed by atoms with Gasteiger partial charge in [-0.05, 0) is 37.1 Å². The summed E-state index contributed by atoms with van der Waals surface area (Å²) in [7, 11) is 0. The predicted octanol–water partition coefficient (Wildman–Crippen LogP) is 2.85. The summed E-state index contributed by atoms with van der Waals surface area (Å²) in [6.07, 6.45) is 3.43. The Morgan fingerprint density at radius 3 is 2.92 bits per heavy atom. The molecule has 5 nitrogen and oxygen atoms in total. The van der Waals surface area contributed by atoms with Crippen molar-refractivity contribution in [1.29, 1.82) is 5.26 Å². The number of nitriles is 1. The Labute approximate surface area is 153 Å².